The lowest BCUT2D eigenvalue weighted by Gasteiger charge is -2.11. The van der Waals surface area contributed by atoms with E-state index >= 15 is 0 Å². The van der Waals surface area contributed by atoms with E-state index in [1.807, 2.05) is 20.8 Å². The van der Waals surface area contributed by atoms with Crippen molar-refractivity contribution in [3.63, 3.8) is 0 Å². The minimum Gasteiger partial charge on any atom is -0.387 e. The van der Waals surface area contributed by atoms with Gasteiger partial charge in [-0.3, -0.25) is 4.99 Å². The number of aliphatic imine (C=N–C) groups is 1. The van der Waals surface area contributed by atoms with Gasteiger partial charge in [-0.25, -0.2) is 4.39 Å². The maximum Gasteiger partial charge on any atom is 0.128 e. The van der Waals surface area contributed by atoms with Gasteiger partial charge < -0.3 is 5.73 Å². The van der Waals surface area contributed by atoms with Crippen molar-refractivity contribution in [3.05, 3.63) is 35.6 Å². The molecule has 0 aromatic heterocycles. The molecule has 0 saturated heterocycles. The highest BCUT2D eigenvalue weighted by molar-refractivity contribution is 5.82. The molecule has 0 amide bonds. The summed E-state index contributed by atoms with van der Waals surface area (Å²) in [6, 6.07) is 6.41. The van der Waals surface area contributed by atoms with Crippen LogP contribution in [0.2, 0.25) is 0 Å². The second-order valence-electron chi connectivity index (χ2n) is 3.91. The molecule has 1 unspecified atom stereocenters. The molecule has 1 aromatic carbocycles. The number of amidine groups is 1. The topological polar surface area (TPSA) is 38.4 Å². The van der Waals surface area contributed by atoms with Crippen molar-refractivity contribution >= 4 is 5.84 Å². The van der Waals surface area contributed by atoms with Crippen LogP contribution in [-0.2, 0) is 0 Å². The van der Waals surface area contributed by atoms with Crippen molar-refractivity contribution in [3.8, 4) is 0 Å². The van der Waals surface area contributed by atoms with Gasteiger partial charge in [0.2, 0.25) is 0 Å². The van der Waals surface area contributed by atoms with Crippen molar-refractivity contribution in [1.82, 2.24) is 0 Å². The van der Waals surface area contributed by atoms with Gasteiger partial charge in [0.15, 0.2) is 0 Å². The van der Waals surface area contributed by atoms with Crippen LogP contribution in [-0.4, -0.2) is 5.84 Å². The Bertz CT molecular complexity index is 358. The Morgan fingerprint density at radius 2 is 1.87 bits per heavy atom. The van der Waals surface area contributed by atoms with Gasteiger partial charge >= 0.3 is 0 Å². The summed E-state index contributed by atoms with van der Waals surface area (Å²) < 4.78 is 13.4. The molecule has 0 saturated carbocycles. The lowest BCUT2D eigenvalue weighted by Crippen LogP contribution is -2.19. The third-order valence-corrected chi connectivity index (χ3v) is 2.29. The maximum atomic E-state index is 13.4. The third-order valence-electron chi connectivity index (χ3n) is 2.29. The molecule has 2 N–H and O–H groups in total. The molecule has 1 aromatic rings. The van der Waals surface area contributed by atoms with E-state index in [1.165, 1.54) is 6.07 Å². The number of hydrogen-bond acceptors (Lipinski definition) is 1. The number of nitrogens with two attached hydrogens (primary N) is 1. The molecule has 0 radical (unpaired) electrons. The first-order chi connectivity index (χ1) is 7.02. The molecule has 1 rings (SSSR count). The zero-order valence-electron chi connectivity index (χ0n) is 9.37. The molecule has 0 heterocycles. The van der Waals surface area contributed by atoms with Gasteiger partial charge in [-0.1, -0.05) is 32.0 Å². The fourth-order valence-electron chi connectivity index (χ4n) is 1.26. The fourth-order valence-corrected chi connectivity index (χ4v) is 1.26. The molecular formula is C12H17FN2. The summed E-state index contributed by atoms with van der Waals surface area (Å²) in [6.07, 6.45) is 0. The summed E-state index contributed by atoms with van der Waals surface area (Å²) in [4.78, 5) is 4.26. The van der Waals surface area contributed by atoms with Crippen LogP contribution >= 0.6 is 0 Å². The Labute approximate surface area is 90.0 Å². The molecular weight excluding hydrogens is 191 g/mol. The van der Waals surface area contributed by atoms with Crippen molar-refractivity contribution in [2.24, 2.45) is 16.6 Å². The molecule has 0 aliphatic rings. The molecule has 15 heavy (non-hydrogen) atoms. The molecule has 82 valence electrons. The summed E-state index contributed by atoms with van der Waals surface area (Å²) in [6.45, 7) is 5.77. The van der Waals surface area contributed by atoms with E-state index in [9.17, 15) is 4.39 Å². The highest BCUT2D eigenvalue weighted by atomic mass is 19.1. The first-order valence-electron chi connectivity index (χ1n) is 5.10. The van der Waals surface area contributed by atoms with Crippen LogP contribution in [0.5, 0.6) is 0 Å². The third kappa shape index (κ3) is 3.05. The minimum atomic E-state index is -0.231. The second-order valence-corrected chi connectivity index (χ2v) is 3.91. The molecule has 1 atom stereocenters. The van der Waals surface area contributed by atoms with Gasteiger partial charge in [-0.2, -0.15) is 0 Å². The van der Waals surface area contributed by atoms with Crippen molar-refractivity contribution in [2.75, 3.05) is 0 Å². The molecule has 0 fully saturated rings. The maximum absolute atomic E-state index is 13.4. The lowest BCUT2D eigenvalue weighted by atomic mass is 10.1. The van der Waals surface area contributed by atoms with E-state index in [0.29, 0.717) is 11.4 Å². The smallest absolute Gasteiger partial charge is 0.128 e. The van der Waals surface area contributed by atoms with Crippen molar-refractivity contribution in [1.29, 1.82) is 0 Å². The fraction of sp³-hybridized carbons (Fsp3) is 0.417. The molecule has 0 bridgehead atoms. The summed E-state index contributed by atoms with van der Waals surface area (Å²) in [5, 5.41) is 0. The average molecular weight is 208 g/mol. The summed E-state index contributed by atoms with van der Waals surface area (Å²) in [5.41, 5.74) is 6.32. The Hall–Kier alpha value is -1.38. The quantitative estimate of drug-likeness (QED) is 0.602. The zero-order chi connectivity index (χ0) is 11.4. The van der Waals surface area contributed by atoms with E-state index in [4.69, 9.17) is 5.73 Å². The van der Waals surface area contributed by atoms with Crippen molar-refractivity contribution in [2.45, 2.75) is 26.8 Å². The van der Waals surface area contributed by atoms with Crippen LogP contribution in [0.15, 0.2) is 29.3 Å². The van der Waals surface area contributed by atoms with E-state index < -0.39 is 0 Å². The van der Waals surface area contributed by atoms with Gasteiger partial charge in [0.25, 0.3) is 0 Å². The van der Waals surface area contributed by atoms with Crippen LogP contribution in [0.3, 0.4) is 0 Å². The number of halogens is 1. The number of hydrogen-bond donors (Lipinski definition) is 1. The first-order valence-corrected chi connectivity index (χ1v) is 5.10. The molecule has 0 aliphatic carbocycles. The second kappa shape index (κ2) is 4.91. The summed E-state index contributed by atoms with van der Waals surface area (Å²) >= 11 is 0. The van der Waals surface area contributed by atoms with Crippen LogP contribution in [0.4, 0.5) is 4.39 Å². The lowest BCUT2D eigenvalue weighted by molar-refractivity contribution is 0.593. The van der Waals surface area contributed by atoms with Crippen LogP contribution in [0, 0.1) is 11.7 Å². The minimum absolute atomic E-state index is 0.194. The molecule has 3 heteroatoms. The van der Waals surface area contributed by atoms with E-state index in [-0.39, 0.29) is 17.8 Å². The van der Waals surface area contributed by atoms with Crippen LogP contribution in [0.1, 0.15) is 32.4 Å². The van der Waals surface area contributed by atoms with Crippen molar-refractivity contribution < 1.29 is 4.39 Å². The SMILES string of the molecule is CC(C)C(N)=NC(C)c1ccccc1F. The molecule has 0 spiro atoms. The summed E-state index contributed by atoms with van der Waals surface area (Å²) in [5.74, 6) is 0.523. The number of nitrogens with zero attached hydrogens (tertiary/aromatic N) is 1. The Kier molecular flexibility index (Phi) is 3.83. The van der Waals surface area contributed by atoms with Crippen LogP contribution in [0.25, 0.3) is 0 Å². The van der Waals surface area contributed by atoms with Gasteiger partial charge in [-0.05, 0) is 13.0 Å². The zero-order valence-corrected chi connectivity index (χ0v) is 9.37. The Morgan fingerprint density at radius 3 is 2.40 bits per heavy atom. The predicted molar refractivity (Wildman–Crippen MR) is 61.3 cm³/mol. The molecule has 0 aliphatic heterocycles. The number of benzene rings is 1. The van der Waals surface area contributed by atoms with E-state index in [2.05, 4.69) is 4.99 Å². The normalized spacial score (nSPS) is 14.3. The first kappa shape index (κ1) is 11.7. The van der Waals surface area contributed by atoms with E-state index in [0.717, 1.165) is 0 Å². The average Bonchev–Trinajstić information content (AvgIpc) is 2.18. The Balaban J connectivity index is 2.91. The predicted octanol–water partition coefficient (Wildman–Crippen LogP) is 2.90. The van der Waals surface area contributed by atoms with Gasteiger partial charge in [0.1, 0.15) is 5.82 Å². The van der Waals surface area contributed by atoms with E-state index in [1.54, 1.807) is 18.2 Å². The van der Waals surface area contributed by atoms with Gasteiger partial charge in [0, 0.05) is 11.5 Å². The summed E-state index contributed by atoms with van der Waals surface area (Å²) in [7, 11) is 0. The molecule has 2 nitrogen and oxygen atoms in total. The van der Waals surface area contributed by atoms with Crippen LogP contribution < -0.4 is 5.73 Å². The largest absolute Gasteiger partial charge is 0.387 e. The highest BCUT2D eigenvalue weighted by Gasteiger charge is 2.10. The van der Waals surface area contributed by atoms with Gasteiger partial charge in [-0.15, -0.1) is 0 Å². The van der Waals surface area contributed by atoms with Gasteiger partial charge in [0.05, 0.1) is 11.9 Å². The standard InChI is InChI=1S/C12H17FN2/c1-8(2)12(14)15-9(3)10-6-4-5-7-11(10)13/h4-9H,1-3H3,(H2,14,15). The monoisotopic (exact) mass is 208 g/mol. The highest BCUT2D eigenvalue weighted by Crippen LogP contribution is 2.20. The number of rotatable bonds is 3. The Morgan fingerprint density at radius 1 is 1.27 bits per heavy atom.